The van der Waals surface area contributed by atoms with Gasteiger partial charge in [0.15, 0.2) is 5.78 Å². The average Bonchev–Trinajstić information content (AvgIpc) is 3.00. The van der Waals surface area contributed by atoms with E-state index in [2.05, 4.69) is 4.90 Å². The number of thiophene rings is 1. The van der Waals surface area contributed by atoms with E-state index in [4.69, 9.17) is 4.74 Å². The Kier molecular flexibility index (Phi) is 5.81. The summed E-state index contributed by atoms with van der Waals surface area (Å²) in [6.45, 7) is 7.34. The number of nitrogens with zero attached hydrogens (tertiary/aromatic N) is 2. The summed E-state index contributed by atoms with van der Waals surface area (Å²) in [6.07, 6.45) is 1.66. The van der Waals surface area contributed by atoms with Gasteiger partial charge < -0.3 is 9.64 Å². The van der Waals surface area contributed by atoms with Crippen LogP contribution in [0, 0.1) is 0 Å². The summed E-state index contributed by atoms with van der Waals surface area (Å²) in [5.74, 6) is 0.136. The van der Waals surface area contributed by atoms with Crippen LogP contribution in [0.1, 0.15) is 43.3 Å². The molecule has 0 radical (unpaired) electrons. The van der Waals surface area contributed by atoms with Gasteiger partial charge in [-0.05, 0) is 52.1 Å². The molecule has 0 spiro atoms. The summed E-state index contributed by atoms with van der Waals surface area (Å²) in [4.78, 5) is 29.0. The predicted molar refractivity (Wildman–Crippen MR) is 92.1 cm³/mol. The van der Waals surface area contributed by atoms with Gasteiger partial charge in [0.05, 0.1) is 11.4 Å². The van der Waals surface area contributed by atoms with E-state index in [9.17, 15) is 9.59 Å². The molecule has 6 heteroatoms. The number of likely N-dealkylation sites (N-methyl/N-ethyl adjacent to an activating group) is 1. The lowest BCUT2D eigenvalue weighted by Gasteiger charge is -2.37. The number of carbonyl (C=O) groups is 2. The Labute approximate surface area is 142 Å². The molecule has 1 aliphatic rings. The number of Topliss-reactive ketones (excluding diaryl/α,β-unsaturated/α-hetero) is 1. The zero-order valence-electron chi connectivity index (χ0n) is 14.4. The van der Waals surface area contributed by atoms with Crippen molar-refractivity contribution in [2.45, 2.75) is 45.3 Å². The third-order valence-corrected chi connectivity index (χ3v) is 4.77. The van der Waals surface area contributed by atoms with Gasteiger partial charge in [-0.2, -0.15) is 0 Å². The minimum atomic E-state index is -0.481. The number of hydrogen-bond acceptors (Lipinski definition) is 5. The van der Waals surface area contributed by atoms with Crippen molar-refractivity contribution in [1.82, 2.24) is 9.80 Å². The predicted octanol–water partition coefficient (Wildman–Crippen LogP) is 3.26. The quantitative estimate of drug-likeness (QED) is 0.791. The van der Waals surface area contributed by atoms with Crippen LogP contribution in [0.3, 0.4) is 0 Å². The standard InChI is InChI=1S/C17H26N2O3S/c1-17(2,3)22-16(21)19-9-5-7-13(11-19)18(4)12-14(20)15-8-6-10-23-15/h6,8,10,13H,5,7,9,11-12H2,1-4H3/t13-/m0/s1. The first-order valence-electron chi connectivity index (χ1n) is 8.01. The minimum Gasteiger partial charge on any atom is -0.444 e. The first-order valence-corrected chi connectivity index (χ1v) is 8.89. The van der Waals surface area contributed by atoms with E-state index in [-0.39, 0.29) is 17.9 Å². The monoisotopic (exact) mass is 338 g/mol. The molecule has 1 saturated heterocycles. The van der Waals surface area contributed by atoms with Crippen LogP contribution >= 0.6 is 11.3 Å². The maximum absolute atomic E-state index is 12.2. The Balaban J connectivity index is 1.90. The molecule has 0 N–H and O–H groups in total. The van der Waals surface area contributed by atoms with E-state index in [1.54, 1.807) is 4.90 Å². The van der Waals surface area contributed by atoms with Crippen molar-refractivity contribution < 1.29 is 14.3 Å². The number of carbonyl (C=O) groups excluding carboxylic acids is 2. The van der Waals surface area contributed by atoms with Crippen molar-refractivity contribution in [3.8, 4) is 0 Å². The van der Waals surface area contributed by atoms with E-state index in [0.717, 1.165) is 24.3 Å². The number of amides is 1. The molecule has 1 fully saturated rings. The molecule has 1 amide bonds. The number of ketones is 1. The van der Waals surface area contributed by atoms with Crippen molar-refractivity contribution >= 4 is 23.2 Å². The molecule has 0 aromatic carbocycles. The largest absolute Gasteiger partial charge is 0.444 e. The lowest BCUT2D eigenvalue weighted by atomic mass is 10.0. The van der Waals surface area contributed by atoms with Gasteiger partial charge in [0.1, 0.15) is 5.60 Å². The average molecular weight is 338 g/mol. The molecule has 1 aromatic rings. The van der Waals surface area contributed by atoms with Crippen LogP contribution < -0.4 is 0 Å². The van der Waals surface area contributed by atoms with Gasteiger partial charge in [-0.1, -0.05) is 6.07 Å². The second kappa shape index (κ2) is 7.45. The van der Waals surface area contributed by atoms with E-state index in [1.165, 1.54) is 11.3 Å². The molecule has 0 bridgehead atoms. The first kappa shape index (κ1) is 17.9. The van der Waals surface area contributed by atoms with Crippen molar-refractivity contribution in [2.75, 3.05) is 26.7 Å². The number of piperidine rings is 1. The highest BCUT2D eigenvalue weighted by Gasteiger charge is 2.30. The number of rotatable bonds is 4. The number of hydrogen-bond donors (Lipinski definition) is 0. The highest BCUT2D eigenvalue weighted by molar-refractivity contribution is 7.12. The fraction of sp³-hybridized carbons (Fsp3) is 0.647. The summed E-state index contributed by atoms with van der Waals surface area (Å²) in [5, 5.41) is 1.91. The van der Waals surface area contributed by atoms with Gasteiger partial charge in [-0.25, -0.2) is 4.79 Å². The molecule has 1 aliphatic heterocycles. The van der Waals surface area contributed by atoms with E-state index >= 15 is 0 Å². The highest BCUT2D eigenvalue weighted by atomic mass is 32.1. The van der Waals surface area contributed by atoms with Crippen molar-refractivity contribution in [3.63, 3.8) is 0 Å². The number of ether oxygens (including phenoxy) is 1. The van der Waals surface area contributed by atoms with Crippen LogP contribution in [0.25, 0.3) is 0 Å². The summed E-state index contributed by atoms with van der Waals surface area (Å²) < 4.78 is 5.45. The summed E-state index contributed by atoms with van der Waals surface area (Å²) >= 11 is 1.47. The topological polar surface area (TPSA) is 49.9 Å². The zero-order valence-corrected chi connectivity index (χ0v) is 15.2. The fourth-order valence-corrected chi connectivity index (χ4v) is 3.33. The molecule has 0 unspecified atom stereocenters. The molecule has 128 valence electrons. The second-order valence-corrected chi connectivity index (χ2v) is 7.99. The third kappa shape index (κ3) is 5.32. The van der Waals surface area contributed by atoms with E-state index in [0.29, 0.717) is 13.1 Å². The maximum Gasteiger partial charge on any atom is 0.410 e. The molecule has 1 aromatic heterocycles. The lowest BCUT2D eigenvalue weighted by molar-refractivity contribution is 0.0129. The summed E-state index contributed by atoms with van der Waals surface area (Å²) in [6, 6.07) is 3.94. The fourth-order valence-electron chi connectivity index (χ4n) is 2.68. The summed E-state index contributed by atoms with van der Waals surface area (Å²) in [5.41, 5.74) is -0.481. The van der Waals surface area contributed by atoms with E-state index in [1.807, 2.05) is 45.3 Å². The van der Waals surface area contributed by atoms with E-state index < -0.39 is 5.60 Å². The normalized spacial score (nSPS) is 19.0. The second-order valence-electron chi connectivity index (χ2n) is 7.04. The Morgan fingerprint density at radius 3 is 2.78 bits per heavy atom. The Morgan fingerprint density at radius 1 is 1.43 bits per heavy atom. The SMILES string of the molecule is CN(CC(=O)c1cccs1)[C@H]1CCCN(C(=O)OC(C)(C)C)C1. The molecule has 1 atom stereocenters. The Hall–Kier alpha value is -1.40. The lowest BCUT2D eigenvalue weighted by Crippen LogP contribution is -2.50. The van der Waals surface area contributed by atoms with Gasteiger partial charge in [0, 0.05) is 19.1 Å². The molecule has 0 saturated carbocycles. The van der Waals surface area contributed by atoms with Crippen LogP contribution in [-0.4, -0.2) is 60.0 Å². The Bertz CT molecular complexity index is 537. The van der Waals surface area contributed by atoms with Crippen LogP contribution in [0.5, 0.6) is 0 Å². The van der Waals surface area contributed by atoms with Gasteiger partial charge in [0.2, 0.25) is 0 Å². The van der Waals surface area contributed by atoms with Crippen molar-refractivity contribution in [2.24, 2.45) is 0 Å². The molecular formula is C17H26N2O3S. The van der Waals surface area contributed by atoms with Gasteiger partial charge >= 0.3 is 6.09 Å². The molecule has 2 heterocycles. The zero-order chi connectivity index (χ0) is 17.0. The van der Waals surface area contributed by atoms with Crippen LogP contribution in [-0.2, 0) is 4.74 Å². The smallest absolute Gasteiger partial charge is 0.410 e. The number of likely N-dealkylation sites (tertiary alicyclic amines) is 1. The van der Waals surface area contributed by atoms with Crippen LogP contribution in [0.4, 0.5) is 4.79 Å². The summed E-state index contributed by atoms with van der Waals surface area (Å²) in [7, 11) is 1.95. The molecular weight excluding hydrogens is 312 g/mol. The maximum atomic E-state index is 12.2. The minimum absolute atomic E-state index is 0.136. The van der Waals surface area contributed by atoms with Crippen molar-refractivity contribution in [3.05, 3.63) is 22.4 Å². The third-order valence-electron chi connectivity index (χ3n) is 3.86. The molecule has 2 rings (SSSR count). The molecule has 5 nitrogen and oxygen atoms in total. The molecule has 23 heavy (non-hydrogen) atoms. The Morgan fingerprint density at radius 2 is 2.17 bits per heavy atom. The van der Waals surface area contributed by atoms with Crippen molar-refractivity contribution in [1.29, 1.82) is 0 Å². The first-order chi connectivity index (χ1) is 10.8. The van der Waals surface area contributed by atoms with Gasteiger partial charge in [0.25, 0.3) is 0 Å². The molecule has 0 aliphatic carbocycles. The van der Waals surface area contributed by atoms with Crippen LogP contribution in [0.2, 0.25) is 0 Å². The van der Waals surface area contributed by atoms with Crippen LogP contribution in [0.15, 0.2) is 17.5 Å². The van der Waals surface area contributed by atoms with Gasteiger partial charge in [-0.15, -0.1) is 11.3 Å². The van der Waals surface area contributed by atoms with Gasteiger partial charge in [-0.3, -0.25) is 9.69 Å². The highest BCUT2D eigenvalue weighted by Crippen LogP contribution is 2.19.